The third-order valence-electron chi connectivity index (χ3n) is 0. The van der Waals surface area contributed by atoms with E-state index in [-0.39, 0.29) is 0 Å². The van der Waals surface area contributed by atoms with Gasteiger partial charge in [0.15, 0.2) is 0 Å². The predicted molar refractivity (Wildman–Crippen MR) is 170 cm³/mol. The second-order valence-corrected chi connectivity index (χ2v) is 14.9. The Kier molecular flexibility index (Phi) is 98.5. The molecule has 12 nitrogen and oxygen atoms in total. The lowest BCUT2D eigenvalue weighted by Gasteiger charge is -1.88. The molecule has 0 aromatic carbocycles. The Morgan fingerprint density at radius 2 is 0.306 bits per heavy atom. The summed E-state index contributed by atoms with van der Waals surface area (Å²) in [6.07, 6.45) is 5.00. The average Bonchev–Trinajstić information content (AvgIpc) is 2.55. The van der Waals surface area contributed by atoms with Gasteiger partial charge in [-0.05, 0) is 47.2 Å². The Balaban J connectivity index is -0.0000000266. The van der Waals surface area contributed by atoms with Crippen molar-refractivity contribution in [2.24, 2.45) is 0 Å². The van der Waals surface area contributed by atoms with Gasteiger partial charge in [0.2, 0.25) is 0 Å². The van der Waals surface area contributed by atoms with Crippen molar-refractivity contribution in [1.82, 2.24) is 0 Å². The van der Waals surface area contributed by atoms with Crippen LogP contribution in [0.3, 0.4) is 0 Å². The molecular formula is C16H56O12P4S4. The van der Waals surface area contributed by atoms with Crippen molar-refractivity contribution in [2.75, 3.05) is 0 Å². The lowest BCUT2D eigenvalue weighted by Crippen LogP contribution is -1.65. The molecule has 0 aliphatic rings. The van der Waals surface area contributed by atoms with E-state index in [4.69, 9.17) is 58.7 Å². The van der Waals surface area contributed by atoms with Crippen molar-refractivity contribution in [3.05, 3.63) is 0 Å². The molecule has 0 saturated carbocycles. The summed E-state index contributed by atoms with van der Waals surface area (Å²) >= 11 is 14.4. The Morgan fingerprint density at radius 3 is 0.306 bits per heavy atom. The molecule has 0 saturated heterocycles. The zero-order chi connectivity index (χ0) is 32.8. The van der Waals surface area contributed by atoms with Gasteiger partial charge in [-0.15, -0.1) is 0 Å². The first-order valence-corrected chi connectivity index (χ1v) is 21.4. The minimum atomic E-state index is -3.81. The van der Waals surface area contributed by atoms with Crippen LogP contribution in [0.2, 0.25) is 0 Å². The summed E-state index contributed by atoms with van der Waals surface area (Å²) < 4.78 is 0. The highest BCUT2D eigenvalue weighted by molar-refractivity contribution is 8.07. The largest absolute Gasteiger partial charge is 0.325 e. The van der Waals surface area contributed by atoms with E-state index in [0.717, 1.165) is 0 Å². The summed E-state index contributed by atoms with van der Waals surface area (Å²) in [6, 6.07) is 0. The first-order valence-electron chi connectivity index (χ1n) is 10.8. The van der Waals surface area contributed by atoms with Crippen LogP contribution in [0.15, 0.2) is 0 Å². The van der Waals surface area contributed by atoms with Gasteiger partial charge in [0.25, 0.3) is 0 Å². The number of hydrogen-bond donors (Lipinski definition) is 12. The molecule has 0 aromatic rings. The summed E-state index contributed by atoms with van der Waals surface area (Å²) in [6.45, 7) is 9.78. The Morgan fingerprint density at radius 1 is 0.306 bits per heavy atom. The van der Waals surface area contributed by atoms with Gasteiger partial charge in [-0.1, -0.05) is 109 Å². The summed E-state index contributed by atoms with van der Waals surface area (Å²) in [7, 11) is 0. The summed E-state index contributed by atoms with van der Waals surface area (Å²) in [5.41, 5.74) is 0. The van der Waals surface area contributed by atoms with E-state index in [0.29, 0.717) is 0 Å². The van der Waals surface area contributed by atoms with Crippen LogP contribution < -0.4 is 0 Å². The summed E-state index contributed by atoms with van der Waals surface area (Å²) in [4.78, 5) is 90.7. The minimum absolute atomic E-state index is 1.25. The molecular weight excluding hydrogens is 636 g/mol. The molecule has 0 heterocycles. The molecule has 0 spiro atoms. The Hall–Kier alpha value is 2.12. The Labute approximate surface area is 240 Å². The number of rotatable bonds is 0. The van der Waals surface area contributed by atoms with E-state index in [1.165, 1.54) is 25.7 Å². The van der Waals surface area contributed by atoms with Crippen LogP contribution in [-0.4, -0.2) is 58.7 Å². The molecule has 0 rings (SSSR count). The fourth-order valence-electron chi connectivity index (χ4n) is 0. The highest BCUT2D eigenvalue weighted by Crippen LogP contribution is 2.27. The van der Waals surface area contributed by atoms with Crippen molar-refractivity contribution < 1.29 is 58.7 Å². The van der Waals surface area contributed by atoms with Crippen LogP contribution in [0.4, 0.5) is 0 Å². The second kappa shape index (κ2) is 53.4. The zero-order valence-electron chi connectivity index (χ0n) is 23.6. The Bertz CT molecular complexity index is 374. The SMILES string of the molecule is CC.CC.CCC.CCC.CCC.CCC.OP(O)(O)=S.OP(O)(O)=S.OP(O)(O)=S.OP(O)(O)=S. The van der Waals surface area contributed by atoms with Gasteiger partial charge in [-0.25, -0.2) is 0 Å². The average molecular weight is 693 g/mol. The van der Waals surface area contributed by atoms with Crippen LogP contribution in [0, 0.1) is 0 Å². The third-order valence-corrected chi connectivity index (χ3v) is 0. The van der Waals surface area contributed by atoms with Gasteiger partial charge in [0, 0.05) is 0 Å². The van der Waals surface area contributed by atoms with Gasteiger partial charge < -0.3 is 58.7 Å². The topological polar surface area (TPSA) is 243 Å². The van der Waals surface area contributed by atoms with Crippen molar-refractivity contribution in [3.8, 4) is 0 Å². The van der Waals surface area contributed by atoms with Gasteiger partial charge in [0.05, 0.1) is 0 Å². The molecule has 20 heteroatoms. The van der Waals surface area contributed by atoms with Gasteiger partial charge >= 0.3 is 26.9 Å². The minimum Gasteiger partial charge on any atom is -0.325 e. The monoisotopic (exact) mass is 692 g/mol. The molecule has 0 atom stereocenters. The molecule has 0 bridgehead atoms. The molecule has 0 aliphatic heterocycles. The maximum Gasteiger partial charge on any atom is 0.319 e. The van der Waals surface area contributed by atoms with E-state index in [2.05, 4.69) is 103 Å². The molecule has 0 aliphatic carbocycles. The zero-order valence-corrected chi connectivity index (χ0v) is 30.5. The maximum absolute atomic E-state index is 7.56. The molecule has 0 aromatic heterocycles. The van der Waals surface area contributed by atoms with Crippen molar-refractivity contribution >= 4 is 74.1 Å². The molecule has 0 fully saturated rings. The lowest BCUT2D eigenvalue weighted by atomic mass is 10.6. The third kappa shape index (κ3) is 9910. The van der Waals surface area contributed by atoms with E-state index in [1.54, 1.807) is 0 Å². The van der Waals surface area contributed by atoms with Gasteiger partial charge in [0.1, 0.15) is 0 Å². The maximum atomic E-state index is 7.56. The molecule has 0 radical (unpaired) electrons. The molecule has 236 valence electrons. The van der Waals surface area contributed by atoms with Crippen LogP contribution in [0.1, 0.15) is 109 Å². The van der Waals surface area contributed by atoms with E-state index < -0.39 is 26.9 Å². The first kappa shape index (κ1) is 66.4. The quantitative estimate of drug-likeness (QED) is 0.157. The van der Waals surface area contributed by atoms with Gasteiger partial charge in [-0.3, -0.25) is 0 Å². The van der Waals surface area contributed by atoms with E-state index >= 15 is 0 Å². The predicted octanol–water partition coefficient (Wildman–Crippen LogP) is 4.47. The summed E-state index contributed by atoms with van der Waals surface area (Å²) in [5, 5.41) is 0. The standard InChI is InChI=1S/4C3H8.2C2H6.4H3O3PS/c4*1-3-2;2*1-2;4*1-4(2,3)5/h4*3H2,1-2H3;2*1-2H3;4*(H3,1,2,3,5). The lowest BCUT2D eigenvalue weighted by molar-refractivity contribution is 0.361. The van der Waals surface area contributed by atoms with Crippen molar-refractivity contribution in [3.63, 3.8) is 0 Å². The fraction of sp³-hybridized carbons (Fsp3) is 1.00. The van der Waals surface area contributed by atoms with Crippen LogP contribution in [0.5, 0.6) is 0 Å². The van der Waals surface area contributed by atoms with E-state index in [9.17, 15) is 0 Å². The highest BCUT2D eigenvalue weighted by atomic mass is 32.5. The van der Waals surface area contributed by atoms with Crippen LogP contribution in [0.25, 0.3) is 0 Å². The molecule has 0 unspecified atom stereocenters. The van der Waals surface area contributed by atoms with Crippen LogP contribution >= 0.6 is 26.9 Å². The van der Waals surface area contributed by atoms with E-state index in [1.807, 2.05) is 27.7 Å². The van der Waals surface area contributed by atoms with Crippen LogP contribution in [-0.2, 0) is 47.2 Å². The molecule has 36 heavy (non-hydrogen) atoms. The molecule has 0 amide bonds. The second-order valence-electron chi connectivity index (χ2n) is 4.88. The summed E-state index contributed by atoms with van der Waals surface area (Å²) in [5.74, 6) is 0. The smallest absolute Gasteiger partial charge is 0.319 e. The normalized spacial score (nSPS) is 8.89. The highest BCUT2D eigenvalue weighted by Gasteiger charge is 1.93. The van der Waals surface area contributed by atoms with Crippen molar-refractivity contribution in [2.45, 2.75) is 109 Å². The number of hydrogen-bond acceptors (Lipinski definition) is 4. The molecule has 12 N–H and O–H groups in total. The van der Waals surface area contributed by atoms with Crippen molar-refractivity contribution in [1.29, 1.82) is 0 Å². The van der Waals surface area contributed by atoms with Gasteiger partial charge in [-0.2, -0.15) is 0 Å². The fourth-order valence-corrected chi connectivity index (χ4v) is 0. The first-order chi connectivity index (χ1) is 15.7.